The summed E-state index contributed by atoms with van der Waals surface area (Å²) in [5, 5.41) is 9.72. The average Bonchev–Trinajstić information content (AvgIpc) is 3.00. The minimum Gasteiger partial charge on any atom is -0.506 e. The number of carbonyl (C=O) groups is 1. The quantitative estimate of drug-likeness (QED) is 0.647. The minimum absolute atomic E-state index is 0.0226. The summed E-state index contributed by atoms with van der Waals surface area (Å²) in [5.41, 5.74) is 1.49. The molecule has 116 valence electrons. The first-order valence-corrected chi connectivity index (χ1v) is 8.09. The standard InChI is InChI=1S/C18H12ClFO2S/c19-14-10-12(4-5-15(14)21)17-6-7-18(23-17)16(22)9-11-2-1-3-13(20)8-11/h1-8,10,21H,9H2. The first-order valence-electron chi connectivity index (χ1n) is 6.89. The van der Waals surface area contributed by atoms with Gasteiger partial charge in [-0.1, -0.05) is 23.7 Å². The molecule has 0 atom stereocenters. The van der Waals surface area contributed by atoms with E-state index in [-0.39, 0.29) is 28.8 Å². The number of phenols is 1. The first-order chi connectivity index (χ1) is 11.0. The highest BCUT2D eigenvalue weighted by molar-refractivity contribution is 7.17. The van der Waals surface area contributed by atoms with Crippen molar-refractivity contribution in [3.05, 3.63) is 75.9 Å². The Morgan fingerprint density at radius 3 is 2.70 bits per heavy atom. The number of hydrogen-bond donors (Lipinski definition) is 1. The lowest BCUT2D eigenvalue weighted by Crippen LogP contribution is -2.01. The fourth-order valence-electron chi connectivity index (χ4n) is 2.22. The summed E-state index contributed by atoms with van der Waals surface area (Å²) in [4.78, 5) is 13.8. The number of carbonyl (C=O) groups excluding carboxylic acids is 1. The molecule has 0 amide bonds. The molecule has 5 heteroatoms. The predicted molar refractivity (Wildman–Crippen MR) is 90.9 cm³/mol. The number of hydrogen-bond acceptors (Lipinski definition) is 3. The number of ketones is 1. The summed E-state index contributed by atoms with van der Waals surface area (Å²) < 4.78 is 13.2. The summed E-state index contributed by atoms with van der Waals surface area (Å²) in [6, 6.07) is 14.6. The van der Waals surface area contributed by atoms with Crippen molar-refractivity contribution in [2.45, 2.75) is 6.42 Å². The number of rotatable bonds is 4. The lowest BCUT2D eigenvalue weighted by atomic mass is 10.1. The van der Waals surface area contributed by atoms with Crippen LogP contribution in [0.25, 0.3) is 10.4 Å². The van der Waals surface area contributed by atoms with Crippen molar-refractivity contribution in [3.8, 4) is 16.2 Å². The molecule has 3 rings (SSSR count). The summed E-state index contributed by atoms with van der Waals surface area (Å²) >= 11 is 7.26. The maximum Gasteiger partial charge on any atom is 0.177 e. The molecular weight excluding hydrogens is 335 g/mol. The molecule has 3 aromatic rings. The molecule has 2 nitrogen and oxygen atoms in total. The average molecular weight is 347 g/mol. The van der Waals surface area contributed by atoms with Crippen LogP contribution in [0.1, 0.15) is 15.2 Å². The molecule has 0 saturated carbocycles. The minimum atomic E-state index is -0.346. The number of aromatic hydroxyl groups is 1. The molecule has 0 fully saturated rings. The fourth-order valence-corrected chi connectivity index (χ4v) is 3.34. The number of Topliss-reactive ketones (excluding diaryl/α,β-unsaturated/α-hetero) is 1. The van der Waals surface area contributed by atoms with Crippen LogP contribution in [0.4, 0.5) is 4.39 Å². The number of phenolic OH excluding ortho intramolecular Hbond substituents is 1. The van der Waals surface area contributed by atoms with Gasteiger partial charge in [-0.2, -0.15) is 0 Å². The van der Waals surface area contributed by atoms with Crippen molar-refractivity contribution in [2.24, 2.45) is 0 Å². The van der Waals surface area contributed by atoms with E-state index in [9.17, 15) is 14.3 Å². The van der Waals surface area contributed by atoms with E-state index in [0.29, 0.717) is 10.4 Å². The monoisotopic (exact) mass is 346 g/mol. The highest BCUT2D eigenvalue weighted by Gasteiger charge is 2.12. The van der Waals surface area contributed by atoms with Crippen LogP contribution in [0.5, 0.6) is 5.75 Å². The topological polar surface area (TPSA) is 37.3 Å². The van der Waals surface area contributed by atoms with Gasteiger partial charge < -0.3 is 5.11 Å². The largest absolute Gasteiger partial charge is 0.506 e. The zero-order valence-corrected chi connectivity index (χ0v) is 13.5. The van der Waals surface area contributed by atoms with Crippen LogP contribution in [0.3, 0.4) is 0 Å². The number of halogens is 2. The van der Waals surface area contributed by atoms with Crippen molar-refractivity contribution in [3.63, 3.8) is 0 Å². The van der Waals surface area contributed by atoms with Crippen molar-refractivity contribution >= 4 is 28.7 Å². The maximum absolute atomic E-state index is 13.2. The first kappa shape index (κ1) is 15.7. The van der Waals surface area contributed by atoms with Crippen LogP contribution in [-0.2, 0) is 6.42 Å². The smallest absolute Gasteiger partial charge is 0.177 e. The SMILES string of the molecule is O=C(Cc1cccc(F)c1)c1ccc(-c2ccc(O)c(Cl)c2)s1. The molecule has 0 spiro atoms. The number of benzene rings is 2. The van der Waals surface area contributed by atoms with Crippen molar-refractivity contribution < 1.29 is 14.3 Å². The van der Waals surface area contributed by atoms with E-state index >= 15 is 0 Å². The zero-order chi connectivity index (χ0) is 16.4. The molecule has 0 saturated heterocycles. The summed E-state index contributed by atoms with van der Waals surface area (Å²) in [6.07, 6.45) is 0.161. The molecule has 2 aromatic carbocycles. The maximum atomic E-state index is 13.2. The second kappa shape index (κ2) is 6.52. The molecule has 0 aliphatic rings. The van der Waals surface area contributed by atoms with Gasteiger partial charge in [0.05, 0.1) is 9.90 Å². The Balaban J connectivity index is 1.81. The Bertz CT molecular complexity index is 873. The lowest BCUT2D eigenvalue weighted by Gasteiger charge is -2.01. The van der Waals surface area contributed by atoms with E-state index in [2.05, 4.69) is 0 Å². The van der Waals surface area contributed by atoms with Gasteiger partial charge in [-0.25, -0.2) is 4.39 Å². The predicted octanol–water partition coefficient (Wildman–Crippen LogP) is 5.34. The van der Waals surface area contributed by atoms with E-state index < -0.39 is 0 Å². The fraction of sp³-hybridized carbons (Fsp3) is 0.0556. The third kappa shape index (κ3) is 3.60. The van der Waals surface area contributed by atoms with Gasteiger partial charge in [-0.05, 0) is 53.6 Å². The van der Waals surface area contributed by atoms with Crippen LogP contribution in [0.2, 0.25) is 5.02 Å². The van der Waals surface area contributed by atoms with Crippen molar-refractivity contribution in [2.75, 3.05) is 0 Å². The van der Waals surface area contributed by atoms with Gasteiger partial charge in [0.2, 0.25) is 0 Å². The highest BCUT2D eigenvalue weighted by atomic mass is 35.5. The second-order valence-corrected chi connectivity index (χ2v) is 6.55. The van der Waals surface area contributed by atoms with Gasteiger partial charge in [-0.3, -0.25) is 4.79 Å². The molecule has 0 radical (unpaired) electrons. The molecule has 0 unspecified atom stereocenters. The third-order valence-electron chi connectivity index (χ3n) is 3.37. The molecule has 1 N–H and O–H groups in total. The Morgan fingerprint density at radius 2 is 1.96 bits per heavy atom. The summed E-state index contributed by atoms with van der Waals surface area (Å²) in [6.45, 7) is 0. The van der Waals surface area contributed by atoms with E-state index in [1.165, 1.54) is 29.5 Å². The zero-order valence-electron chi connectivity index (χ0n) is 11.9. The van der Waals surface area contributed by atoms with Gasteiger partial charge in [0.1, 0.15) is 11.6 Å². The molecule has 1 heterocycles. The van der Waals surface area contributed by atoms with E-state index in [1.54, 1.807) is 30.3 Å². The van der Waals surface area contributed by atoms with Gasteiger partial charge >= 0.3 is 0 Å². The van der Waals surface area contributed by atoms with Gasteiger partial charge in [0.15, 0.2) is 5.78 Å². The Kier molecular flexibility index (Phi) is 4.46. The van der Waals surface area contributed by atoms with Gasteiger partial charge in [0.25, 0.3) is 0 Å². The van der Waals surface area contributed by atoms with Crippen LogP contribution in [0, 0.1) is 5.82 Å². The second-order valence-electron chi connectivity index (χ2n) is 5.06. The molecule has 0 bridgehead atoms. The van der Waals surface area contributed by atoms with Gasteiger partial charge in [-0.15, -0.1) is 11.3 Å². The lowest BCUT2D eigenvalue weighted by molar-refractivity contribution is 0.0997. The molecule has 0 aliphatic heterocycles. The molecule has 23 heavy (non-hydrogen) atoms. The molecule has 0 aliphatic carbocycles. The van der Waals surface area contributed by atoms with Crippen LogP contribution >= 0.6 is 22.9 Å². The van der Waals surface area contributed by atoms with E-state index in [0.717, 1.165) is 10.4 Å². The number of thiophene rings is 1. The van der Waals surface area contributed by atoms with Gasteiger partial charge in [0, 0.05) is 11.3 Å². The Labute approximate surface area is 141 Å². The van der Waals surface area contributed by atoms with E-state index in [4.69, 9.17) is 11.6 Å². The summed E-state index contributed by atoms with van der Waals surface area (Å²) in [7, 11) is 0. The summed E-state index contributed by atoms with van der Waals surface area (Å²) in [5.74, 6) is -0.382. The van der Waals surface area contributed by atoms with E-state index in [1.807, 2.05) is 6.07 Å². The highest BCUT2D eigenvalue weighted by Crippen LogP contribution is 2.33. The van der Waals surface area contributed by atoms with Crippen LogP contribution < -0.4 is 0 Å². The normalized spacial score (nSPS) is 10.7. The van der Waals surface area contributed by atoms with Crippen molar-refractivity contribution in [1.82, 2.24) is 0 Å². The third-order valence-corrected chi connectivity index (χ3v) is 4.84. The Morgan fingerprint density at radius 1 is 1.13 bits per heavy atom. The van der Waals surface area contributed by atoms with Crippen LogP contribution in [-0.4, -0.2) is 10.9 Å². The Hall–Kier alpha value is -2.17. The van der Waals surface area contributed by atoms with Crippen LogP contribution in [0.15, 0.2) is 54.6 Å². The molecular formula is C18H12ClFO2S. The molecule has 1 aromatic heterocycles. The van der Waals surface area contributed by atoms with Crippen molar-refractivity contribution in [1.29, 1.82) is 0 Å².